The molecule has 33 heavy (non-hydrogen) atoms. The molecule has 0 aromatic heterocycles. The van der Waals surface area contributed by atoms with E-state index in [2.05, 4.69) is 5.32 Å². The maximum atomic E-state index is 14.1. The lowest BCUT2D eigenvalue weighted by Crippen LogP contribution is -2.41. The number of carbonyl (C=O) groups is 2. The van der Waals surface area contributed by atoms with E-state index in [1.54, 1.807) is 42.5 Å². The van der Waals surface area contributed by atoms with Crippen LogP contribution in [0.2, 0.25) is 0 Å². The normalized spacial score (nSPS) is 13.9. The number of hydrogen-bond donors (Lipinski definition) is 1. The van der Waals surface area contributed by atoms with Crippen LogP contribution in [0.25, 0.3) is 11.1 Å². The Morgan fingerprint density at radius 3 is 2.45 bits per heavy atom. The summed E-state index contributed by atoms with van der Waals surface area (Å²) in [4.78, 5) is 27.1. The number of benzene rings is 3. The van der Waals surface area contributed by atoms with Gasteiger partial charge in [-0.05, 0) is 54.8 Å². The van der Waals surface area contributed by atoms with E-state index in [4.69, 9.17) is 0 Å². The number of halogens is 2. The molecule has 0 bridgehead atoms. The summed E-state index contributed by atoms with van der Waals surface area (Å²) in [5.74, 6) is -1.80. The molecule has 0 saturated carbocycles. The average Bonchev–Trinajstić information content (AvgIpc) is 2.84. The number of anilines is 1. The molecule has 1 N–H and O–H groups in total. The Labute approximate surface area is 190 Å². The number of nitrogens with one attached hydrogen (secondary N) is 1. The van der Waals surface area contributed by atoms with Crippen molar-refractivity contribution in [3.8, 4) is 17.2 Å². The van der Waals surface area contributed by atoms with Crippen LogP contribution in [-0.2, 0) is 4.79 Å². The third-order valence-corrected chi connectivity index (χ3v) is 5.80. The fourth-order valence-electron chi connectivity index (χ4n) is 4.01. The highest BCUT2D eigenvalue weighted by Gasteiger charge is 2.29. The minimum atomic E-state index is -0.579. The van der Waals surface area contributed by atoms with Gasteiger partial charge in [0.25, 0.3) is 5.91 Å². The zero-order valence-electron chi connectivity index (χ0n) is 17.7. The van der Waals surface area contributed by atoms with Gasteiger partial charge in [0.1, 0.15) is 11.6 Å². The van der Waals surface area contributed by atoms with Crippen LogP contribution >= 0.6 is 0 Å². The Balaban J connectivity index is 1.39. The number of rotatable bonds is 4. The molecule has 0 atom stereocenters. The first-order chi connectivity index (χ1) is 16.0. The van der Waals surface area contributed by atoms with Crippen molar-refractivity contribution in [2.75, 3.05) is 18.4 Å². The monoisotopic (exact) mass is 445 g/mol. The van der Waals surface area contributed by atoms with E-state index in [0.717, 1.165) is 12.1 Å². The second-order valence-corrected chi connectivity index (χ2v) is 7.92. The van der Waals surface area contributed by atoms with E-state index < -0.39 is 11.7 Å². The summed E-state index contributed by atoms with van der Waals surface area (Å²) in [6.45, 7) is 0.654. The molecule has 4 rings (SSSR count). The van der Waals surface area contributed by atoms with Gasteiger partial charge in [-0.25, -0.2) is 8.78 Å². The van der Waals surface area contributed by atoms with Crippen LogP contribution in [0.4, 0.5) is 14.5 Å². The largest absolute Gasteiger partial charge is 0.339 e. The number of nitriles is 1. The molecule has 3 aromatic rings. The summed E-state index contributed by atoms with van der Waals surface area (Å²) in [5, 5.41) is 12.1. The predicted molar refractivity (Wildman–Crippen MR) is 120 cm³/mol. The van der Waals surface area contributed by atoms with E-state index in [9.17, 15) is 23.6 Å². The van der Waals surface area contributed by atoms with Crippen molar-refractivity contribution in [2.45, 2.75) is 12.8 Å². The third kappa shape index (κ3) is 4.90. The highest BCUT2D eigenvalue weighted by molar-refractivity contribution is 5.97. The van der Waals surface area contributed by atoms with Crippen LogP contribution < -0.4 is 5.32 Å². The number of likely N-dealkylation sites (tertiary alicyclic amines) is 1. The van der Waals surface area contributed by atoms with Gasteiger partial charge in [0.15, 0.2) is 0 Å². The second kappa shape index (κ2) is 9.61. The molecule has 0 unspecified atom stereocenters. The summed E-state index contributed by atoms with van der Waals surface area (Å²) in [6.07, 6.45) is 0.892. The Kier molecular flexibility index (Phi) is 6.45. The summed E-state index contributed by atoms with van der Waals surface area (Å²) < 4.78 is 27.7. The van der Waals surface area contributed by atoms with Crippen LogP contribution in [0.3, 0.4) is 0 Å². The number of piperidine rings is 1. The van der Waals surface area contributed by atoms with Gasteiger partial charge in [0, 0.05) is 30.3 Å². The molecule has 2 amide bonds. The molecule has 1 aliphatic rings. The van der Waals surface area contributed by atoms with Gasteiger partial charge in [-0.2, -0.15) is 5.26 Å². The number of carbonyl (C=O) groups excluding carboxylic acids is 2. The lowest BCUT2D eigenvalue weighted by molar-refractivity contribution is -0.121. The van der Waals surface area contributed by atoms with E-state index in [0.29, 0.717) is 42.7 Å². The summed E-state index contributed by atoms with van der Waals surface area (Å²) in [5.41, 5.74) is 1.84. The van der Waals surface area contributed by atoms with Crippen molar-refractivity contribution in [1.29, 1.82) is 5.26 Å². The van der Waals surface area contributed by atoms with Crippen molar-refractivity contribution >= 4 is 17.5 Å². The van der Waals surface area contributed by atoms with Gasteiger partial charge >= 0.3 is 0 Å². The lowest BCUT2D eigenvalue weighted by atomic mass is 9.94. The molecular weight excluding hydrogens is 424 g/mol. The van der Waals surface area contributed by atoms with Gasteiger partial charge in [0.2, 0.25) is 5.91 Å². The average molecular weight is 445 g/mol. The first-order valence-electron chi connectivity index (χ1n) is 10.6. The molecule has 0 spiro atoms. The minimum Gasteiger partial charge on any atom is -0.339 e. The van der Waals surface area contributed by atoms with E-state index in [1.807, 2.05) is 6.07 Å². The second-order valence-electron chi connectivity index (χ2n) is 7.92. The van der Waals surface area contributed by atoms with Crippen LogP contribution in [0, 0.1) is 28.9 Å². The first-order valence-corrected chi connectivity index (χ1v) is 10.6. The zero-order chi connectivity index (χ0) is 23.4. The highest BCUT2D eigenvalue weighted by Crippen LogP contribution is 2.27. The summed E-state index contributed by atoms with van der Waals surface area (Å²) >= 11 is 0. The first kappa shape index (κ1) is 22.2. The third-order valence-electron chi connectivity index (χ3n) is 5.80. The fraction of sp³-hybridized carbons (Fsp3) is 0.192. The van der Waals surface area contributed by atoms with Crippen LogP contribution in [0.5, 0.6) is 0 Å². The van der Waals surface area contributed by atoms with Crippen molar-refractivity contribution < 1.29 is 18.4 Å². The molecule has 7 heteroatoms. The maximum absolute atomic E-state index is 14.1. The number of nitrogens with zero attached hydrogens (tertiary/aromatic N) is 2. The number of amides is 2. The van der Waals surface area contributed by atoms with Gasteiger partial charge in [-0.1, -0.05) is 30.3 Å². The molecule has 166 valence electrons. The highest BCUT2D eigenvalue weighted by atomic mass is 19.1. The van der Waals surface area contributed by atoms with Crippen molar-refractivity contribution in [2.24, 2.45) is 5.92 Å². The van der Waals surface area contributed by atoms with Crippen molar-refractivity contribution in [1.82, 2.24) is 4.90 Å². The Hall–Kier alpha value is -4.05. The lowest BCUT2D eigenvalue weighted by Gasteiger charge is -2.31. The summed E-state index contributed by atoms with van der Waals surface area (Å²) in [6, 6.07) is 18.9. The topological polar surface area (TPSA) is 73.2 Å². The van der Waals surface area contributed by atoms with Gasteiger partial charge in [-0.3, -0.25) is 9.59 Å². The van der Waals surface area contributed by atoms with Crippen LogP contribution in [0.15, 0.2) is 66.7 Å². The SMILES string of the molecule is N#Cc1ccc(F)cc1C(=O)N1CCC(C(=O)Nc2cccc(-c3ccccc3F)c2)CC1. The minimum absolute atomic E-state index is 0.0327. The summed E-state index contributed by atoms with van der Waals surface area (Å²) in [7, 11) is 0. The molecule has 1 fully saturated rings. The van der Waals surface area contributed by atoms with Gasteiger partial charge < -0.3 is 10.2 Å². The predicted octanol–water partition coefficient (Wildman–Crippen LogP) is 4.99. The van der Waals surface area contributed by atoms with Gasteiger partial charge in [0.05, 0.1) is 17.2 Å². The van der Waals surface area contributed by atoms with Crippen molar-refractivity contribution in [3.05, 3.63) is 89.5 Å². The fourth-order valence-corrected chi connectivity index (χ4v) is 4.01. The molecular formula is C26H21F2N3O2. The van der Waals surface area contributed by atoms with Crippen LogP contribution in [-0.4, -0.2) is 29.8 Å². The van der Waals surface area contributed by atoms with E-state index in [-0.39, 0.29) is 28.8 Å². The number of hydrogen-bond acceptors (Lipinski definition) is 3. The van der Waals surface area contributed by atoms with Gasteiger partial charge in [-0.15, -0.1) is 0 Å². The van der Waals surface area contributed by atoms with Crippen LogP contribution in [0.1, 0.15) is 28.8 Å². The Morgan fingerprint density at radius 1 is 0.970 bits per heavy atom. The standard InChI is InChI=1S/C26H21F2N3O2/c27-20-9-8-19(16-29)23(15-20)26(33)31-12-10-17(11-13-31)25(32)30-21-5-3-4-18(14-21)22-6-1-2-7-24(22)28/h1-9,14-15,17H,10-13H2,(H,30,32). The maximum Gasteiger partial charge on any atom is 0.255 e. The Bertz CT molecular complexity index is 1240. The zero-order valence-corrected chi connectivity index (χ0v) is 17.7. The molecule has 1 saturated heterocycles. The molecule has 0 radical (unpaired) electrons. The smallest absolute Gasteiger partial charge is 0.255 e. The molecule has 1 aliphatic heterocycles. The molecule has 5 nitrogen and oxygen atoms in total. The molecule has 3 aromatic carbocycles. The Morgan fingerprint density at radius 2 is 1.73 bits per heavy atom. The van der Waals surface area contributed by atoms with E-state index in [1.165, 1.54) is 17.0 Å². The quantitative estimate of drug-likeness (QED) is 0.615. The molecule has 0 aliphatic carbocycles. The molecule has 1 heterocycles. The van der Waals surface area contributed by atoms with Crippen molar-refractivity contribution in [3.63, 3.8) is 0 Å². The van der Waals surface area contributed by atoms with E-state index >= 15 is 0 Å².